The van der Waals surface area contributed by atoms with Crippen LogP contribution >= 0.6 is 11.3 Å². The number of aliphatic carboxylic acids is 1. The third kappa shape index (κ3) is 4.29. The molecule has 1 heterocycles. The highest BCUT2D eigenvalue weighted by Crippen LogP contribution is 2.32. The lowest BCUT2D eigenvalue weighted by molar-refractivity contribution is -0.136. The first kappa shape index (κ1) is 17.0. The molecule has 1 amide bonds. The summed E-state index contributed by atoms with van der Waals surface area (Å²) >= 11 is 1.18. The van der Waals surface area contributed by atoms with E-state index in [1.807, 2.05) is 12.1 Å². The molecule has 0 radical (unpaired) electrons. The number of anilines is 1. The minimum Gasteiger partial charge on any atom is -0.497 e. The summed E-state index contributed by atoms with van der Waals surface area (Å²) in [5.74, 6) is -0.560. The standard InChI is InChI=1S/C16H18N2O4S/c1-9(2)15(21)18-16-17-14(12(23-16)8-13(19)20)10-4-6-11(22-3)7-5-10/h4-7,9H,8H2,1-3H3,(H,19,20)(H,17,18,21). The van der Waals surface area contributed by atoms with Gasteiger partial charge in [-0.15, -0.1) is 11.3 Å². The minimum absolute atomic E-state index is 0.142. The number of methoxy groups -OCH3 is 1. The lowest BCUT2D eigenvalue weighted by atomic mass is 10.1. The molecule has 0 aliphatic carbocycles. The molecule has 2 rings (SSSR count). The summed E-state index contributed by atoms with van der Waals surface area (Å²) in [6.07, 6.45) is -0.142. The van der Waals surface area contributed by atoms with Gasteiger partial charge in [0.25, 0.3) is 0 Å². The van der Waals surface area contributed by atoms with Crippen LogP contribution in [-0.2, 0) is 16.0 Å². The van der Waals surface area contributed by atoms with E-state index in [2.05, 4.69) is 10.3 Å². The Kier molecular flexibility index (Phi) is 5.33. The van der Waals surface area contributed by atoms with Gasteiger partial charge in [0.15, 0.2) is 5.13 Å². The number of rotatable bonds is 6. The zero-order valence-corrected chi connectivity index (χ0v) is 13.9. The Labute approximate surface area is 138 Å². The molecular weight excluding hydrogens is 316 g/mol. The third-order valence-corrected chi connectivity index (χ3v) is 4.10. The van der Waals surface area contributed by atoms with E-state index in [0.29, 0.717) is 21.5 Å². The summed E-state index contributed by atoms with van der Waals surface area (Å²) in [7, 11) is 1.58. The van der Waals surface area contributed by atoms with Crippen LogP contribution in [0, 0.1) is 5.92 Å². The molecule has 0 bridgehead atoms. The molecular formula is C16H18N2O4S. The van der Waals surface area contributed by atoms with Gasteiger partial charge in [-0.2, -0.15) is 0 Å². The van der Waals surface area contributed by atoms with Crippen LogP contribution in [0.3, 0.4) is 0 Å². The molecule has 0 atom stereocenters. The smallest absolute Gasteiger partial charge is 0.308 e. The van der Waals surface area contributed by atoms with Crippen LogP contribution in [0.4, 0.5) is 5.13 Å². The summed E-state index contributed by atoms with van der Waals surface area (Å²) in [5, 5.41) is 12.2. The van der Waals surface area contributed by atoms with Crippen LogP contribution < -0.4 is 10.1 Å². The van der Waals surface area contributed by atoms with Gasteiger partial charge in [0.1, 0.15) is 5.75 Å². The predicted octanol–water partition coefficient (Wildman–Crippen LogP) is 3.04. The second-order valence-electron chi connectivity index (χ2n) is 5.23. The van der Waals surface area contributed by atoms with Gasteiger partial charge >= 0.3 is 5.97 Å². The largest absolute Gasteiger partial charge is 0.497 e. The minimum atomic E-state index is -0.940. The molecule has 0 fully saturated rings. The molecule has 1 aromatic carbocycles. The van der Waals surface area contributed by atoms with Crippen molar-refractivity contribution in [3.63, 3.8) is 0 Å². The number of benzene rings is 1. The maximum Gasteiger partial charge on any atom is 0.308 e. The molecule has 2 N–H and O–H groups in total. The number of carboxylic acids is 1. The molecule has 0 unspecified atom stereocenters. The van der Waals surface area contributed by atoms with Gasteiger partial charge in [0.05, 0.1) is 19.2 Å². The van der Waals surface area contributed by atoms with E-state index in [9.17, 15) is 9.59 Å². The molecule has 1 aromatic heterocycles. The van der Waals surface area contributed by atoms with E-state index in [-0.39, 0.29) is 18.2 Å². The Morgan fingerprint density at radius 2 is 1.96 bits per heavy atom. The van der Waals surface area contributed by atoms with Crippen molar-refractivity contribution in [3.8, 4) is 17.0 Å². The van der Waals surface area contributed by atoms with E-state index >= 15 is 0 Å². The second-order valence-corrected chi connectivity index (χ2v) is 6.32. The van der Waals surface area contributed by atoms with Crippen molar-refractivity contribution in [1.82, 2.24) is 4.98 Å². The number of carboxylic acid groups (broad SMARTS) is 1. The summed E-state index contributed by atoms with van der Waals surface area (Å²) in [5.41, 5.74) is 1.35. The molecule has 0 saturated heterocycles. The molecule has 7 heteroatoms. The lowest BCUT2D eigenvalue weighted by Crippen LogP contribution is -2.17. The average Bonchev–Trinajstić information content (AvgIpc) is 2.88. The van der Waals surface area contributed by atoms with Gasteiger partial charge in [0, 0.05) is 16.4 Å². The Hall–Kier alpha value is -2.41. The summed E-state index contributed by atoms with van der Waals surface area (Å²) < 4.78 is 5.12. The predicted molar refractivity (Wildman–Crippen MR) is 88.9 cm³/mol. The first-order valence-electron chi connectivity index (χ1n) is 7.07. The van der Waals surface area contributed by atoms with Crippen molar-refractivity contribution in [2.24, 2.45) is 5.92 Å². The highest BCUT2D eigenvalue weighted by molar-refractivity contribution is 7.16. The Bertz CT molecular complexity index is 707. The van der Waals surface area contributed by atoms with E-state index in [1.54, 1.807) is 33.1 Å². The number of hydrogen-bond donors (Lipinski definition) is 2. The van der Waals surface area contributed by atoms with Gasteiger partial charge in [0.2, 0.25) is 5.91 Å². The summed E-state index contributed by atoms with van der Waals surface area (Å²) in [6, 6.07) is 7.19. The lowest BCUT2D eigenvalue weighted by Gasteiger charge is -2.03. The molecule has 122 valence electrons. The number of nitrogens with zero attached hydrogens (tertiary/aromatic N) is 1. The fourth-order valence-electron chi connectivity index (χ4n) is 1.89. The number of thiazole rings is 1. The molecule has 2 aromatic rings. The number of hydrogen-bond acceptors (Lipinski definition) is 5. The fourth-order valence-corrected chi connectivity index (χ4v) is 2.86. The Morgan fingerprint density at radius 3 is 2.48 bits per heavy atom. The van der Waals surface area contributed by atoms with Crippen molar-refractivity contribution >= 4 is 28.3 Å². The zero-order chi connectivity index (χ0) is 17.0. The number of nitrogens with one attached hydrogen (secondary N) is 1. The molecule has 0 saturated carbocycles. The highest BCUT2D eigenvalue weighted by atomic mass is 32.1. The Balaban J connectivity index is 2.36. The summed E-state index contributed by atoms with van der Waals surface area (Å²) in [6.45, 7) is 3.57. The van der Waals surface area contributed by atoms with Crippen molar-refractivity contribution in [2.75, 3.05) is 12.4 Å². The van der Waals surface area contributed by atoms with Gasteiger partial charge in [-0.25, -0.2) is 4.98 Å². The van der Waals surface area contributed by atoms with Crippen molar-refractivity contribution in [3.05, 3.63) is 29.1 Å². The maximum absolute atomic E-state index is 11.8. The zero-order valence-electron chi connectivity index (χ0n) is 13.1. The number of carbonyl (C=O) groups is 2. The highest BCUT2D eigenvalue weighted by Gasteiger charge is 2.18. The van der Waals surface area contributed by atoms with E-state index in [1.165, 1.54) is 11.3 Å². The SMILES string of the molecule is COc1ccc(-c2nc(NC(=O)C(C)C)sc2CC(=O)O)cc1. The van der Waals surface area contributed by atoms with Crippen LogP contribution in [0.15, 0.2) is 24.3 Å². The first-order valence-corrected chi connectivity index (χ1v) is 7.89. The van der Waals surface area contributed by atoms with Gasteiger partial charge < -0.3 is 15.2 Å². The third-order valence-electron chi connectivity index (χ3n) is 3.13. The van der Waals surface area contributed by atoms with Crippen molar-refractivity contribution in [1.29, 1.82) is 0 Å². The molecule has 0 aliphatic rings. The van der Waals surface area contributed by atoms with Crippen molar-refractivity contribution in [2.45, 2.75) is 20.3 Å². The average molecular weight is 334 g/mol. The van der Waals surface area contributed by atoms with Crippen LogP contribution in [0.5, 0.6) is 5.75 Å². The Morgan fingerprint density at radius 1 is 1.30 bits per heavy atom. The van der Waals surface area contributed by atoms with E-state index < -0.39 is 5.97 Å². The van der Waals surface area contributed by atoms with E-state index in [0.717, 1.165) is 5.56 Å². The number of ether oxygens (including phenoxy) is 1. The van der Waals surface area contributed by atoms with Crippen LogP contribution in [0.1, 0.15) is 18.7 Å². The topological polar surface area (TPSA) is 88.5 Å². The molecule has 0 spiro atoms. The van der Waals surface area contributed by atoms with Gasteiger partial charge in [-0.05, 0) is 24.3 Å². The van der Waals surface area contributed by atoms with E-state index in [4.69, 9.17) is 9.84 Å². The quantitative estimate of drug-likeness (QED) is 0.847. The monoisotopic (exact) mass is 334 g/mol. The molecule has 0 aliphatic heterocycles. The van der Waals surface area contributed by atoms with Gasteiger partial charge in [-0.1, -0.05) is 13.8 Å². The second kappa shape index (κ2) is 7.23. The maximum atomic E-state index is 11.8. The molecule has 23 heavy (non-hydrogen) atoms. The van der Waals surface area contributed by atoms with Crippen LogP contribution in [0.25, 0.3) is 11.3 Å². The fraction of sp³-hybridized carbons (Fsp3) is 0.312. The number of carbonyl (C=O) groups excluding carboxylic acids is 1. The van der Waals surface area contributed by atoms with Crippen molar-refractivity contribution < 1.29 is 19.4 Å². The summed E-state index contributed by atoms with van der Waals surface area (Å²) in [4.78, 5) is 27.9. The molecule has 6 nitrogen and oxygen atoms in total. The van der Waals surface area contributed by atoms with Crippen LogP contribution in [-0.4, -0.2) is 29.1 Å². The number of aromatic nitrogens is 1. The number of amides is 1. The van der Waals surface area contributed by atoms with Gasteiger partial charge in [-0.3, -0.25) is 9.59 Å². The normalized spacial score (nSPS) is 10.6. The van der Waals surface area contributed by atoms with Crippen LogP contribution in [0.2, 0.25) is 0 Å². The first-order chi connectivity index (χ1) is 10.9.